The molecule has 1 aliphatic carbocycles. The van der Waals surface area contributed by atoms with Gasteiger partial charge in [-0.05, 0) is 73.7 Å². The lowest BCUT2D eigenvalue weighted by Gasteiger charge is -2.13. The Hall–Kier alpha value is -2.75. The molecular formula is C21H23NO3. The molecule has 0 radical (unpaired) electrons. The number of carbonyl (C=O) groups excluding carboxylic acids is 1. The van der Waals surface area contributed by atoms with E-state index in [4.69, 9.17) is 9.47 Å². The van der Waals surface area contributed by atoms with Gasteiger partial charge in [-0.1, -0.05) is 12.1 Å². The van der Waals surface area contributed by atoms with Gasteiger partial charge in [0.15, 0.2) is 0 Å². The second kappa shape index (κ2) is 8.38. The summed E-state index contributed by atoms with van der Waals surface area (Å²) in [5, 5.41) is 2.85. The third kappa shape index (κ3) is 5.11. The summed E-state index contributed by atoms with van der Waals surface area (Å²) in [6.07, 6.45) is 8.40. The monoisotopic (exact) mass is 337 g/mol. The Bertz CT molecular complexity index is 714. The second-order valence-electron chi connectivity index (χ2n) is 6.14. The van der Waals surface area contributed by atoms with Crippen LogP contribution in [-0.4, -0.2) is 19.1 Å². The van der Waals surface area contributed by atoms with Crippen LogP contribution in [0.5, 0.6) is 11.5 Å². The molecule has 130 valence electrons. The van der Waals surface area contributed by atoms with Crippen molar-refractivity contribution < 1.29 is 14.3 Å². The molecule has 1 amide bonds. The topological polar surface area (TPSA) is 47.6 Å². The highest BCUT2D eigenvalue weighted by Crippen LogP contribution is 2.25. The molecule has 0 aromatic heterocycles. The molecule has 4 heteroatoms. The lowest BCUT2D eigenvalue weighted by Crippen LogP contribution is -2.11. The maximum atomic E-state index is 12.0. The molecule has 4 nitrogen and oxygen atoms in total. The summed E-state index contributed by atoms with van der Waals surface area (Å²) >= 11 is 0. The van der Waals surface area contributed by atoms with Crippen molar-refractivity contribution in [3.05, 3.63) is 60.2 Å². The van der Waals surface area contributed by atoms with Gasteiger partial charge in [0, 0.05) is 11.8 Å². The zero-order valence-electron chi connectivity index (χ0n) is 14.4. The van der Waals surface area contributed by atoms with Crippen LogP contribution in [0.25, 0.3) is 6.08 Å². The standard InChI is InChI=1S/C21H23NO3/c1-24-18-11-6-16(7-12-18)8-15-21(23)22-17-9-13-20(14-10-17)25-19-4-2-3-5-19/h6-15,19H,2-5H2,1H3,(H,22,23)/b15-8+. The highest BCUT2D eigenvalue weighted by atomic mass is 16.5. The van der Waals surface area contributed by atoms with Crippen molar-refractivity contribution in [1.29, 1.82) is 0 Å². The molecule has 0 atom stereocenters. The van der Waals surface area contributed by atoms with Gasteiger partial charge in [0.1, 0.15) is 11.5 Å². The molecule has 1 fully saturated rings. The molecule has 2 aromatic rings. The lowest BCUT2D eigenvalue weighted by molar-refractivity contribution is -0.111. The third-order valence-electron chi connectivity index (χ3n) is 4.27. The molecule has 3 rings (SSSR count). The normalized spacial score (nSPS) is 14.6. The van der Waals surface area contributed by atoms with Crippen molar-refractivity contribution in [1.82, 2.24) is 0 Å². The second-order valence-corrected chi connectivity index (χ2v) is 6.14. The highest BCUT2D eigenvalue weighted by Gasteiger charge is 2.16. The molecule has 25 heavy (non-hydrogen) atoms. The molecule has 1 saturated carbocycles. The number of benzene rings is 2. The maximum absolute atomic E-state index is 12.0. The van der Waals surface area contributed by atoms with Gasteiger partial charge in [0.2, 0.25) is 5.91 Å². The summed E-state index contributed by atoms with van der Waals surface area (Å²) in [5.41, 5.74) is 1.69. The summed E-state index contributed by atoms with van der Waals surface area (Å²) in [5.74, 6) is 1.49. The first-order valence-corrected chi connectivity index (χ1v) is 8.63. The van der Waals surface area contributed by atoms with Crippen LogP contribution < -0.4 is 14.8 Å². The SMILES string of the molecule is COc1ccc(/C=C/C(=O)Nc2ccc(OC3CCCC3)cc2)cc1. The number of rotatable bonds is 6. The van der Waals surface area contributed by atoms with Crippen LogP contribution >= 0.6 is 0 Å². The van der Waals surface area contributed by atoms with Crippen LogP contribution in [0, 0.1) is 0 Å². The van der Waals surface area contributed by atoms with Crippen LogP contribution in [0.1, 0.15) is 31.2 Å². The number of amides is 1. The van der Waals surface area contributed by atoms with Crippen LogP contribution in [0.2, 0.25) is 0 Å². The van der Waals surface area contributed by atoms with E-state index in [9.17, 15) is 4.79 Å². The summed E-state index contributed by atoms with van der Waals surface area (Å²) in [6.45, 7) is 0. The molecule has 0 aliphatic heterocycles. The van der Waals surface area contributed by atoms with E-state index in [0.717, 1.165) is 35.6 Å². The molecule has 0 heterocycles. The Morgan fingerprint density at radius 1 is 1.00 bits per heavy atom. The van der Waals surface area contributed by atoms with Crippen molar-refractivity contribution in [2.75, 3.05) is 12.4 Å². The molecule has 2 aromatic carbocycles. The van der Waals surface area contributed by atoms with Gasteiger partial charge in [0.25, 0.3) is 0 Å². The largest absolute Gasteiger partial charge is 0.497 e. The van der Waals surface area contributed by atoms with E-state index in [0.29, 0.717) is 6.10 Å². The Kier molecular flexibility index (Phi) is 5.73. The average Bonchev–Trinajstić information content (AvgIpc) is 3.15. The summed E-state index contributed by atoms with van der Waals surface area (Å²) < 4.78 is 11.0. The van der Waals surface area contributed by atoms with E-state index in [1.54, 1.807) is 13.2 Å². The van der Waals surface area contributed by atoms with Gasteiger partial charge in [-0.15, -0.1) is 0 Å². The quantitative estimate of drug-likeness (QED) is 0.779. The van der Waals surface area contributed by atoms with E-state index in [-0.39, 0.29) is 5.91 Å². The van der Waals surface area contributed by atoms with Gasteiger partial charge in [0.05, 0.1) is 13.2 Å². The minimum atomic E-state index is -0.166. The van der Waals surface area contributed by atoms with E-state index < -0.39 is 0 Å². The Morgan fingerprint density at radius 3 is 2.28 bits per heavy atom. The van der Waals surface area contributed by atoms with Crippen molar-refractivity contribution >= 4 is 17.7 Å². The van der Waals surface area contributed by atoms with Crippen LogP contribution in [-0.2, 0) is 4.79 Å². The van der Waals surface area contributed by atoms with Gasteiger partial charge < -0.3 is 14.8 Å². The Balaban J connectivity index is 1.52. The number of anilines is 1. The van der Waals surface area contributed by atoms with Gasteiger partial charge in [-0.3, -0.25) is 4.79 Å². The van der Waals surface area contributed by atoms with Crippen LogP contribution in [0.4, 0.5) is 5.69 Å². The number of nitrogens with one attached hydrogen (secondary N) is 1. The summed E-state index contributed by atoms with van der Waals surface area (Å²) in [4.78, 5) is 12.0. The number of ether oxygens (including phenoxy) is 2. The first kappa shape index (κ1) is 17.1. The first-order valence-electron chi connectivity index (χ1n) is 8.63. The van der Waals surface area contributed by atoms with Crippen molar-refractivity contribution in [2.45, 2.75) is 31.8 Å². The van der Waals surface area contributed by atoms with Gasteiger partial charge in [-0.2, -0.15) is 0 Å². The number of hydrogen-bond acceptors (Lipinski definition) is 3. The molecule has 0 unspecified atom stereocenters. The number of carbonyl (C=O) groups is 1. The molecule has 1 N–H and O–H groups in total. The fourth-order valence-corrected chi connectivity index (χ4v) is 2.89. The summed E-state index contributed by atoms with van der Waals surface area (Å²) in [6, 6.07) is 15.1. The van der Waals surface area contributed by atoms with Crippen molar-refractivity contribution in [3.8, 4) is 11.5 Å². The van der Waals surface area contributed by atoms with Crippen molar-refractivity contribution in [3.63, 3.8) is 0 Å². The van der Waals surface area contributed by atoms with E-state index >= 15 is 0 Å². The Labute approximate surface area is 148 Å². The molecular weight excluding hydrogens is 314 g/mol. The molecule has 0 bridgehead atoms. The molecule has 1 aliphatic rings. The van der Waals surface area contributed by atoms with Crippen LogP contribution in [0.3, 0.4) is 0 Å². The minimum absolute atomic E-state index is 0.166. The first-order chi connectivity index (χ1) is 12.2. The number of methoxy groups -OCH3 is 1. The molecule has 0 saturated heterocycles. The Morgan fingerprint density at radius 2 is 1.64 bits per heavy atom. The zero-order chi connectivity index (χ0) is 17.5. The maximum Gasteiger partial charge on any atom is 0.248 e. The fraction of sp³-hybridized carbons (Fsp3) is 0.286. The number of hydrogen-bond donors (Lipinski definition) is 1. The van der Waals surface area contributed by atoms with E-state index in [2.05, 4.69) is 5.32 Å². The minimum Gasteiger partial charge on any atom is -0.497 e. The van der Waals surface area contributed by atoms with Crippen molar-refractivity contribution in [2.24, 2.45) is 0 Å². The van der Waals surface area contributed by atoms with E-state index in [1.807, 2.05) is 48.5 Å². The van der Waals surface area contributed by atoms with Gasteiger partial charge >= 0.3 is 0 Å². The smallest absolute Gasteiger partial charge is 0.248 e. The predicted molar refractivity (Wildman–Crippen MR) is 100.0 cm³/mol. The third-order valence-corrected chi connectivity index (χ3v) is 4.27. The van der Waals surface area contributed by atoms with Gasteiger partial charge in [-0.25, -0.2) is 0 Å². The summed E-state index contributed by atoms with van der Waals surface area (Å²) in [7, 11) is 1.63. The molecule has 0 spiro atoms. The lowest BCUT2D eigenvalue weighted by atomic mass is 10.2. The highest BCUT2D eigenvalue weighted by molar-refractivity contribution is 6.01. The fourth-order valence-electron chi connectivity index (χ4n) is 2.89. The predicted octanol–water partition coefficient (Wildman–Crippen LogP) is 4.67. The zero-order valence-corrected chi connectivity index (χ0v) is 14.4. The van der Waals surface area contributed by atoms with Crippen LogP contribution in [0.15, 0.2) is 54.6 Å². The average molecular weight is 337 g/mol. The van der Waals surface area contributed by atoms with E-state index in [1.165, 1.54) is 18.9 Å².